The van der Waals surface area contributed by atoms with Crippen molar-refractivity contribution in [2.45, 2.75) is 44.6 Å². The summed E-state index contributed by atoms with van der Waals surface area (Å²) < 4.78 is 5.01. The minimum atomic E-state index is 0. The Kier molecular flexibility index (Phi) is 8.60. The molecule has 0 unspecified atom stereocenters. The van der Waals surface area contributed by atoms with Crippen molar-refractivity contribution in [3.63, 3.8) is 0 Å². The zero-order valence-corrected chi connectivity index (χ0v) is 11.4. The first-order chi connectivity index (χ1) is 7.97. The molecule has 3 aliphatic heterocycles. The Morgan fingerprint density at radius 1 is 0.882 bits per heavy atom. The maximum absolute atomic E-state index is 5.01. The molecule has 95 valence electrons. The summed E-state index contributed by atoms with van der Waals surface area (Å²) >= 11 is 0. The van der Waals surface area contributed by atoms with Crippen LogP contribution >= 0.6 is 0 Å². The van der Waals surface area contributed by atoms with Crippen molar-refractivity contribution in [2.24, 2.45) is 0 Å². The maximum atomic E-state index is 5.01. The van der Waals surface area contributed by atoms with Crippen LogP contribution < -0.4 is 5.32 Å². The molecule has 0 bridgehead atoms. The fraction of sp³-hybridized carbons (Fsp3) is 1.00. The van der Waals surface area contributed by atoms with Crippen LogP contribution in [-0.4, -0.2) is 69.2 Å². The Balaban J connectivity index is 0.000000180. The molecular formula is C13H26LiN2O. The molecule has 1 radical (unpaired) electrons. The molecular weight excluding hydrogens is 207 g/mol. The van der Waals surface area contributed by atoms with Gasteiger partial charge in [-0.3, -0.25) is 0 Å². The van der Waals surface area contributed by atoms with E-state index in [1.54, 1.807) is 0 Å². The third-order valence-electron chi connectivity index (χ3n) is 3.83. The van der Waals surface area contributed by atoms with Gasteiger partial charge in [0.25, 0.3) is 0 Å². The van der Waals surface area contributed by atoms with Crippen LogP contribution in [0.25, 0.3) is 0 Å². The number of morpholine rings is 1. The van der Waals surface area contributed by atoms with Crippen molar-refractivity contribution in [2.75, 3.05) is 39.4 Å². The summed E-state index contributed by atoms with van der Waals surface area (Å²) in [4.78, 5) is 2.70. The molecule has 3 heterocycles. The van der Waals surface area contributed by atoms with Crippen LogP contribution in [0.3, 0.4) is 0 Å². The average Bonchev–Trinajstić information content (AvgIpc) is 2.42. The quantitative estimate of drug-likeness (QED) is 0.637. The first kappa shape index (κ1) is 15.5. The molecule has 3 fully saturated rings. The smallest absolute Gasteiger partial charge is 0.0591 e. The van der Waals surface area contributed by atoms with Gasteiger partial charge in [-0.2, -0.15) is 0 Å². The van der Waals surface area contributed by atoms with Crippen molar-refractivity contribution in [1.29, 1.82) is 0 Å². The van der Waals surface area contributed by atoms with Gasteiger partial charge in [-0.05, 0) is 38.8 Å². The largest absolute Gasteiger partial charge is 0.379 e. The predicted molar refractivity (Wildman–Crippen MR) is 72.5 cm³/mol. The van der Waals surface area contributed by atoms with Crippen LogP contribution in [-0.2, 0) is 4.74 Å². The fourth-order valence-electron chi connectivity index (χ4n) is 2.89. The second-order valence-corrected chi connectivity index (χ2v) is 5.04. The van der Waals surface area contributed by atoms with Gasteiger partial charge in [-0.15, -0.1) is 0 Å². The van der Waals surface area contributed by atoms with E-state index >= 15 is 0 Å². The van der Waals surface area contributed by atoms with Gasteiger partial charge < -0.3 is 15.0 Å². The van der Waals surface area contributed by atoms with Gasteiger partial charge in [0.15, 0.2) is 0 Å². The SMILES string of the molecule is C1CCN2CCCCC2C1.C1COCCN1.[Li]. The van der Waals surface area contributed by atoms with E-state index in [4.69, 9.17) is 4.74 Å². The molecule has 3 nitrogen and oxygen atoms in total. The van der Waals surface area contributed by atoms with E-state index in [9.17, 15) is 0 Å². The van der Waals surface area contributed by atoms with Crippen molar-refractivity contribution in [3.8, 4) is 0 Å². The van der Waals surface area contributed by atoms with Crippen molar-refractivity contribution < 1.29 is 4.74 Å². The molecule has 4 heteroatoms. The molecule has 1 N–H and O–H groups in total. The summed E-state index contributed by atoms with van der Waals surface area (Å²) in [5.74, 6) is 0. The molecule has 0 aromatic rings. The minimum Gasteiger partial charge on any atom is -0.379 e. The number of nitrogens with one attached hydrogen (secondary N) is 1. The normalized spacial score (nSPS) is 26.1. The van der Waals surface area contributed by atoms with Gasteiger partial charge in [0, 0.05) is 38.0 Å². The van der Waals surface area contributed by atoms with Crippen LogP contribution in [0.5, 0.6) is 0 Å². The van der Waals surface area contributed by atoms with Gasteiger partial charge in [0.05, 0.1) is 13.2 Å². The second kappa shape index (κ2) is 9.41. The first-order valence-electron chi connectivity index (χ1n) is 6.99. The maximum Gasteiger partial charge on any atom is 0.0591 e. The van der Waals surface area contributed by atoms with E-state index in [-0.39, 0.29) is 18.9 Å². The van der Waals surface area contributed by atoms with Gasteiger partial charge in [0.2, 0.25) is 0 Å². The van der Waals surface area contributed by atoms with Crippen LogP contribution in [0.15, 0.2) is 0 Å². The molecule has 3 saturated heterocycles. The first-order valence-corrected chi connectivity index (χ1v) is 6.99. The standard InChI is InChI=1S/C9H17N.C4H9NO.Li/c1-3-7-10-8-4-2-6-9(10)5-1;1-3-6-4-2-5-1;/h9H,1-8H2;5H,1-4H2;. The number of ether oxygens (including phenoxy) is 1. The Morgan fingerprint density at radius 2 is 1.47 bits per heavy atom. The molecule has 0 aromatic carbocycles. The van der Waals surface area contributed by atoms with Crippen LogP contribution in [0.1, 0.15) is 38.5 Å². The van der Waals surface area contributed by atoms with E-state index in [0.29, 0.717) is 0 Å². The monoisotopic (exact) mass is 233 g/mol. The Labute approximate surface area is 118 Å². The van der Waals surface area contributed by atoms with E-state index in [2.05, 4.69) is 10.2 Å². The topological polar surface area (TPSA) is 24.5 Å². The molecule has 0 spiro atoms. The number of nitrogens with zero attached hydrogens (tertiary/aromatic N) is 1. The van der Waals surface area contributed by atoms with Gasteiger partial charge in [0.1, 0.15) is 0 Å². The zero-order valence-electron chi connectivity index (χ0n) is 11.4. The number of piperidine rings is 2. The third kappa shape index (κ3) is 5.76. The van der Waals surface area contributed by atoms with E-state index in [1.807, 2.05) is 0 Å². The molecule has 0 aliphatic carbocycles. The van der Waals surface area contributed by atoms with Gasteiger partial charge >= 0.3 is 0 Å². The second-order valence-electron chi connectivity index (χ2n) is 5.04. The fourth-order valence-corrected chi connectivity index (χ4v) is 2.89. The summed E-state index contributed by atoms with van der Waals surface area (Å²) in [6.07, 6.45) is 8.86. The zero-order chi connectivity index (χ0) is 11.1. The van der Waals surface area contributed by atoms with E-state index < -0.39 is 0 Å². The van der Waals surface area contributed by atoms with Crippen LogP contribution in [0.4, 0.5) is 0 Å². The summed E-state index contributed by atoms with van der Waals surface area (Å²) in [7, 11) is 0. The summed E-state index contributed by atoms with van der Waals surface area (Å²) in [6.45, 7) is 6.62. The van der Waals surface area contributed by atoms with Crippen LogP contribution in [0.2, 0.25) is 0 Å². The Morgan fingerprint density at radius 3 is 1.82 bits per heavy atom. The molecule has 0 aromatic heterocycles. The number of rotatable bonds is 0. The van der Waals surface area contributed by atoms with Crippen molar-refractivity contribution in [1.82, 2.24) is 10.2 Å². The van der Waals surface area contributed by atoms with Crippen molar-refractivity contribution >= 4 is 18.9 Å². The average molecular weight is 233 g/mol. The molecule has 0 atom stereocenters. The summed E-state index contributed by atoms with van der Waals surface area (Å²) in [5.41, 5.74) is 0. The molecule has 3 rings (SSSR count). The summed E-state index contributed by atoms with van der Waals surface area (Å²) in [5, 5.41) is 3.16. The molecule has 0 saturated carbocycles. The number of hydrogen-bond acceptors (Lipinski definition) is 3. The van der Waals surface area contributed by atoms with Gasteiger partial charge in [-0.1, -0.05) is 12.8 Å². The van der Waals surface area contributed by atoms with E-state index in [0.717, 1.165) is 32.3 Å². The van der Waals surface area contributed by atoms with Crippen molar-refractivity contribution in [3.05, 3.63) is 0 Å². The molecule has 17 heavy (non-hydrogen) atoms. The number of fused-ring (bicyclic) bond motifs is 1. The van der Waals surface area contributed by atoms with Gasteiger partial charge in [-0.25, -0.2) is 0 Å². The number of hydrogen-bond donors (Lipinski definition) is 1. The third-order valence-corrected chi connectivity index (χ3v) is 3.83. The Hall–Kier alpha value is 0.477. The Bertz CT molecular complexity index is 151. The van der Waals surface area contributed by atoms with E-state index in [1.165, 1.54) is 51.6 Å². The molecule has 3 aliphatic rings. The van der Waals surface area contributed by atoms with Crippen LogP contribution in [0, 0.1) is 0 Å². The predicted octanol–water partition coefficient (Wildman–Crippen LogP) is 1.25. The minimum absolute atomic E-state index is 0. The molecule has 0 amide bonds. The summed E-state index contributed by atoms with van der Waals surface area (Å²) in [6, 6.07) is 0.988.